The SMILES string of the molecule is O=C(/C=C/c1cccc(F)c1)OCC1CCCCO1. The maximum Gasteiger partial charge on any atom is 0.330 e. The molecule has 0 spiro atoms. The Bertz CT molecular complexity index is 450. The third-order valence-electron chi connectivity index (χ3n) is 2.95. The topological polar surface area (TPSA) is 35.5 Å². The van der Waals surface area contributed by atoms with E-state index in [9.17, 15) is 9.18 Å². The molecule has 19 heavy (non-hydrogen) atoms. The summed E-state index contributed by atoms with van der Waals surface area (Å²) in [6.07, 6.45) is 5.97. The Balaban J connectivity index is 1.77. The van der Waals surface area contributed by atoms with E-state index in [2.05, 4.69) is 0 Å². The van der Waals surface area contributed by atoms with Crippen molar-refractivity contribution in [2.75, 3.05) is 13.2 Å². The van der Waals surface area contributed by atoms with Gasteiger partial charge in [-0.15, -0.1) is 0 Å². The predicted molar refractivity (Wildman–Crippen MR) is 70.0 cm³/mol. The van der Waals surface area contributed by atoms with Crippen LogP contribution in [0.4, 0.5) is 4.39 Å². The highest BCUT2D eigenvalue weighted by Gasteiger charge is 2.14. The lowest BCUT2D eigenvalue weighted by molar-refractivity contribution is -0.143. The number of carbonyl (C=O) groups excluding carboxylic acids is 1. The average Bonchev–Trinajstić information content (AvgIpc) is 2.44. The predicted octanol–water partition coefficient (Wildman–Crippen LogP) is 2.95. The summed E-state index contributed by atoms with van der Waals surface area (Å²) in [5.41, 5.74) is 0.630. The Kier molecular flexibility index (Phi) is 5.10. The van der Waals surface area contributed by atoms with Crippen LogP contribution in [0.3, 0.4) is 0 Å². The van der Waals surface area contributed by atoms with E-state index < -0.39 is 5.97 Å². The van der Waals surface area contributed by atoms with E-state index in [-0.39, 0.29) is 18.5 Å². The lowest BCUT2D eigenvalue weighted by Gasteiger charge is -2.21. The summed E-state index contributed by atoms with van der Waals surface area (Å²) in [5.74, 6) is -0.760. The van der Waals surface area contributed by atoms with E-state index >= 15 is 0 Å². The molecule has 0 bridgehead atoms. The zero-order valence-electron chi connectivity index (χ0n) is 10.7. The highest BCUT2D eigenvalue weighted by molar-refractivity contribution is 5.87. The average molecular weight is 264 g/mol. The first kappa shape index (κ1) is 13.7. The van der Waals surface area contributed by atoms with Crippen LogP contribution in [0.2, 0.25) is 0 Å². The normalized spacial score (nSPS) is 19.5. The van der Waals surface area contributed by atoms with Gasteiger partial charge in [0, 0.05) is 12.7 Å². The molecule has 0 aliphatic carbocycles. The van der Waals surface area contributed by atoms with Crippen LogP contribution < -0.4 is 0 Å². The molecule has 1 aromatic carbocycles. The molecule has 1 atom stereocenters. The van der Waals surface area contributed by atoms with Crippen LogP contribution in [0.1, 0.15) is 24.8 Å². The van der Waals surface area contributed by atoms with Gasteiger partial charge in [-0.25, -0.2) is 9.18 Å². The summed E-state index contributed by atoms with van der Waals surface area (Å²) in [5, 5.41) is 0. The molecule has 1 aliphatic heterocycles. The number of benzene rings is 1. The lowest BCUT2D eigenvalue weighted by atomic mass is 10.1. The van der Waals surface area contributed by atoms with Gasteiger partial charge in [-0.05, 0) is 43.0 Å². The third-order valence-corrected chi connectivity index (χ3v) is 2.95. The van der Waals surface area contributed by atoms with Crippen molar-refractivity contribution in [1.29, 1.82) is 0 Å². The second-order valence-electron chi connectivity index (χ2n) is 4.51. The van der Waals surface area contributed by atoms with Crippen LogP contribution in [-0.2, 0) is 14.3 Å². The second-order valence-corrected chi connectivity index (χ2v) is 4.51. The Hall–Kier alpha value is -1.68. The van der Waals surface area contributed by atoms with Gasteiger partial charge < -0.3 is 9.47 Å². The molecule has 1 aromatic rings. The van der Waals surface area contributed by atoms with Gasteiger partial charge >= 0.3 is 5.97 Å². The molecular formula is C15H17FO3. The summed E-state index contributed by atoms with van der Waals surface area (Å²) >= 11 is 0. The summed E-state index contributed by atoms with van der Waals surface area (Å²) in [6.45, 7) is 1.02. The fraction of sp³-hybridized carbons (Fsp3) is 0.400. The fourth-order valence-corrected chi connectivity index (χ4v) is 1.94. The molecule has 0 saturated carbocycles. The van der Waals surface area contributed by atoms with Crippen LogP contribution in [0, 0.1) is 5.82 Å². The summed E-state index contributed by atoms with van der Waals surface area (Å²) in [7, 11) is 0. The van der Waals surface area contributed by atoms with Gasteiger partial charge in [-0.2, -0.15) is 0 Å². The van der Waals surface area contributed by atoms with Crippen LogP contribution in [0.25, 0.3) is 6.08 Å². The van der Waals surface area contributed by atoms with E-state index in [1.807, 2.05) is 0 Å². The third kappa shape index (κ3) is 4.83. The minimum atomic E-state index is -0.432. The molecule has 1 fully saturated rings. The fourth-order valence-electron chi connectivity index (χ4n) is 1.94. The quantitative estimate of drug-likeness (QED) is 0.619. The zero-order chi connectivity index (χ0) is 13.5. The van der Waals surface area contributed by atoms with E-state index in [1.54, 1.807) is 12.1 Å². The van der Waals surface area contributed by atoms with Crippen LogP contribution in [0.5, 0.6) is 0 Å². The van der Waals surface area contributed by atoms with Crippen molar-refractivity contribution < 1.29 is 18.7 Å². The number of esters is 1. The number of rotatable bonds is 4. The Morgan fingerprint density at radius 3 is 3.11 bits per heavy atom. The maximum absolute atomic E-state index is 12.9. The molecule has 1 unspecified atom stereocenters. The van der Waals surface area contributed by atoms with Crippen LogP contribution >= 0.6 is 0 Å². The van der Waals surface area contributed by atoms with Crippen molar-refractivity contribution >= 4 is 12.0 Å². The largest absolute Gasteiger partial charge is 0.460 e. The lowest BCUT2D eigenvalue weighted by Crippen LogP contribution is -2.25. The molecule has 0 N–H and O–H groups in total. The summed E-state index contributed by atoms with van der Waals surface area (Å²) in [4.78, 5) is 11.5. The molecule has 2 rings (SSSR count). The first-order valence-electron chi connectivity index (χ1n) is 6.46. The molecule has 0 amide bonds. The zero-order valence-corrected chi connectivity index (χ0v) is 10.7. The van der Waals surface area contributed by atoms with Gasteiger partial charge in [-0.3, -0.25) is 0 Å². The highest BCUT2D eigenvalue weighted by Crippen LogP contribution is 2.13. The molecule has 0 radical (unpaired) electrons. The second kappa shape index (κ2) is 7.04. The minimum Gasteiger partial charge on any atom is -0.460 e. The van der Waals surface area contributed by atoms with Gasteiger partial charge in [-0.1, -0.05) is 12.1 Å². The first-order valence-corrected chi connectivity index (χ1v) is 6.46. The molecule has 1 saturated heterocycles. The Labute approximate surface area is 112 Å². The number of hydrogen-bond acceptors (Lipinski definition) is 3. The monoisotopic (exact) mass is 264 g/mol. The maximum atomic E-state index is 12.9. The van der Waals surface area contributed by atoms with Gasteiger partial charge in [0.1, 0.15) is 12.4 Å². The van der Waals surface area contributed by atoms with Crippen molar-refractivity contribution in [2.45, 2.75) is 25.4 Å². The minimum absolute atomic E-state index is 0.0141. The Morgan fingerprint density at radius 1 is 1.47 bits per heavy atom. The van der Waals surface area contributed by atoms with Crippen LogP contribution in [0.15, 0.2) is 30.3 Å². The number of ether oxygens (including phenoxy) is 2. The standard InChI is InChI=1S/C15H17FO3/c16-13-5-3-4-12(10-13)7-8-15(17)19-11-14-6-1-2-9-18-14/h3-5,7-8,10,14H,1-2,6,9,11H2/b8-7+. The number of carbonyl (C=O) groups is 1. The number of halogens is 1. The summed E-state index contributed by atoms with van der Waals surface area (Å²) < 4.78 is 23.5. The van der Waals surface area contributed by atoms with Gasteiger partial charge in [0.15, 0.2) is 0 Å². The smallest absolute Gasteiger partial charge is 0.330 e. The van der Waals surface area contributed by atoms with E-state index in [0.717, 1.165) is 25.9 Å². The van der Waals surface area contributed by atoms with Crippen LogP contribution in [-0.4, -0.2) is 25.3 Å². The van der Waals surface area contributed by atoms with Crippen molar-refractivity contribution in [2.24, 2.45) is 0 Å². The molecule has 0 aromatic heterocycles. The van der Waals surface area contributed by atoms with Crippen molar-refractivity contribution in [3.05, 3.63) is 41.7 Å². The molecule has 1 heterocycles. The van der Waals surface area contributed by atoms with Gasteiger partial charge in [0.25, 0.3) is 0 Å². The van der Waals surface area contributed by atoms with E-state index in [4.69, 9.17) is 9.47 Å². The van der Waals surface area contributed by atoms with E-state index in [0.29, 0.717) is 5.56 Å². The molecule has 4 heteroatoms. The number of hydrogen-bond donors (Lipinski definition) is 0. The van der Waals surface area contributed by atoms with Crippen molar-refractivity contribution in [3.8, 4) is 0 Å². The van der Waals surface area contributed by atoms with Gasteiger partial charge in [0.05, 0.1) is 6.10 Å². The Morgan fingerprint density at radius 2 is 2.37 bits per heavy atom. The molecule has 3 nitrogen and oxygen atoms in total. The highest BCUT2D eigenvalue weighted by atomic mass is 19.1. The van der Waals surface area contributed by atoms with Crippen molar-refractivity contribution in [3.63, 3.8) is 0 Å². The van der Waals surface area contributed by atoms with E-state index in [1.165, 1.54) is 24.3 Å². The molecule has 102 valence electrons. The summed E-state index contributed by atoms with van der Waals surface area (Å²) in [6, 6.07) is 6.03. The molecule has 1 aliphatic rings. The first-order chi connectivity index (χ1) is 9.24. The molecular weight excluding hydrogens is 247 g/mol. The van der Waals surface area contributed by atoms with Gasteiger partial charge in [0.2, 0.25) is 0 Å². The van der Waals surface area contributed by atoms with Crippen molar-refractivity contribution in [1.82, 2.24) is 0 Å².